The van der Waals surface area contributed by atoms with E-state index < -0.39 is 41.3 Å². The van der Waals surface area contributed by atoms with E-state index in [0.717, 1.165) is 11.1 Å². The van der Waals surface area contributed by atoms with E-state index in [0.29, 0.717) is 5.69 Å². The second kappa shape index (κ2) is 14.2. The van der Waals surface area contributed by atoms with Crippen molar-refractivity contribution < 1.29 is 23.9 Å². The molecule has 10 heteroatoms. The van der Waals surface area contributed by atoms with E-state index in [1.54, 1.807) is 34.0 Å². The topological polar surface area (TPSA) is 133 Å². The van der Waals surface area contributed by atoms with Crippen molar-refractivity contribution in [3.8, 4) is 0 Å². The van der Waals surface area contributed by atoms with Crippen molar-refractivity contribution in [1.29, 1.82) is 0 Å². The fourth-order valence-corrected chi connectivity index (χ4v) is 4.29. The Bertz CT molecular complexity index is 1290. The number of rotatable bonds is 12. The molecule has 0 aliphatic rings. The molecule has 218 valence electrons. The van der Waals surface area contributed by atoms with Crippen LogP contribution in [-0.4, -0.2) is 70.8 Å². The average molecular weight is 562 g/mol. The molecular formula is C31H39N5O5. The maximum Gasteiger partial charge on any atom is 0.328 e. The molecule has 2 aromatic carbocycles. The Morgan fingerprint density at radius 3 is 1.98 bits per heavy atom. The zero-order valence-corrected chi connectivity index (χ0v) is 24.2. The van der Waals surface area contributed by atoms with Crippen molar-refractivity contribution in [3.05, 3.63) is 90.0 Å². The van der Waals surface area contributed by atoms with Crippen LogP contribution in [0.4, 0.5) is 0 Å². The maximum absolute atomic E-state index is 14.0. The number of likely N-dealkylation sites (N-methyl/N-ethyl adjacent to an activating group) is 1. The molecule has 0 aliphatic heterocycles. The molecule has 3 amide bonds. The van der Waals surface area contributed by atoms with Crippen molar-refractivity contribution in [3.63, 3.8) is 0 Å². The molecule has 1 heterocycles. The van der Waals surface area contributed by atoms with E-state index in [2.05, 4.69) is 20.6 Å². The molecule has 1 aromatic heterocycles. The van der Waals surface area contributed by atoms with E-state index in [-0.39, 0.29) is 25.2 Å². The van der Waals surface area contributed by atoms with Gasteiger partial charge in [0.05, 0.1) is 13.4 Å². The number of nitrogens with one attached hydrogen (secondary N) is 3. The Balaban J connectivity index is 1.91. The van der Waals surface area contributed by atoms with Crippen LogP contribution in [0.25, 0.3) is 0 Å². The number of aromatic nitrogens is 2. The molecule has 0 saturated heterocycles. The minimum absolute atomic E-state index is 0.131. The zero-order chi connectivity index (χ0) is 30.0. The van der Waals surface area contributed by atoms with Gasteiger partial charge >= 0.3 is 5.97 Å². The van der Waals surface area contributed by atoms with E-state index >= 15 is 0 Å². The summed E-state index contributed by atoms with van der Waals surface area (Å²) in [6.45, 7) is 5.32. The molecular weight excluding hydrogens is 522 g/mol. The Morgan fingerprint density at radius 2 is 1.46 bits per heavy atom. The first-order valence-electron chi connectivity index (χ1n) is 13.5. The number of esters is 1. The predicted molar refractivity (Wildman–Crippen MR) is 154 cm³/mol. The normalized spacial score (nSPS) is 13.4. The first-order chi connectivity index (χ1) is 19.5. The summed E-state index contributed by atoms with van der Waals surface area (Å²) in [5.74, 6) is -1.86. The second-order valence-electron chi connectivity index (χ2n) is 11.0. The van der Waals surface area contributed by atoms with Gasteiger partial charge in [-0.3, -0.25) is 14.4 Å². The van der Waals surface area contributed by atoms with Gasteiger partial charge < -0.3 is 25.3 Å². The van der Waals surface area contributed by atoms with Gasteiger partial charge in [-0.25, -0.2) is 9.78 Å². The van der Waals surface area contributed by atoms with Gasteiger partial charge in [-0.2, -0.15) is 0 Å². The number of carbonyl (C=O) groups excluding carboxylic acids is 4. The average Bonchev–Trinajstić information content (AvgIpc) is 3.47. The van der Waals surface area contributed by atoms with Crippen LogP contribution >= 0.6 is 0 Å². The minimum atomic E-state index is -1.00. The van der Waals surface area contributed by atoms with Crippen molar-refractivity contribution >= 4 is 23.7 Å². The predicted octanol–water partition coefficient (Wildman–Crippen LogP) is 2.45. The summed E-state index contributed by atoms with van der Waals surface area (Å²) in [6.07, 6.45) is 3.61. The summed E-state index contributed by atoms with van der Waals surface area (Å²) in [4.78, 5) is 61.6. The molecule has 0 radical (unpaired) electrons. The lowest BCUT2D eigenvalue weighted by Crippen LogP contribution is -2.58. The van der Waals surface area contributed by atoms with Crippen molar-refractivity contribution in [2.45, 2.75) is 58.2 Å². The van der Waals surface area contributed by atoms with Crippen LogP contribution in [-0.2, 0) is 43.2 Å². The Hall–Kier alpha value is -4.47. The molecule has 0 saturated carbocycles. The summed E-state index contributed by atoms with van der Waals surface area (Å²) in [5, 5.41) is 5.67. The van der Waals surface area contributed by atoms with Crippen molar-refractivity contribution in [2.75, 3.05) is 14.2 Å². The summed E-state index contributed by atoms with van der Waals surface area (Å²) in [7, 11) is 2.79. The highest BCUT2D eigenvalue weighted by Crippen LogP contribution is 2.17. The molecule has 0 fully saturated rings. The third kappa shape index (κ3) is 9.02. The molecule has 3 N–H and O–H groups in total. The number of amides is 3. The number of ether oxygens (including phenoxy) is 1. The number of H-pyrrole nitrogens is 1. The van der Waals surface area contributed by atoms with Gasteiger partial charge in [0.15, 0.2) is 0 Å². The number of imidazole rings is 1. The fourth-order valence-electron chi connectivity index (χ4n) is 4.29. The van der Waals surface area contributed by atoms with Crippen LogP contribution in [0.1, 0.15) is 37.6 Å². The Labute approximate surface area is 240 Å². The van der Waals surface area contributed by atoms with Gasteiger partial charge in [-0.05, 0) is 11.1 Å². The lowest BCUT2D eigenvalue weighted by molar-refractivity contribution is -0.147. The highest BCUT2D eigenvalue weighted by molar-refractivity contribution is 5.94. The highest BCUT2D eigenvalue weighted by Gasteiger charge is 2.36. The van der Waals surface area contributed by atoms with Crippen LogP contribution in [0.5, 0.6) is 0 Å². The highest BCUT2D eigenvalue weighted by atomic mass is 16.5. The summed E-state index contributed by atoms with van der Waals surface area (Å²) >= 11 is 0. The van der Waals surface area contributed by atoms with E-state index in [9.17, 15) is 19.2 Å². The quantitative estimate of drug-likeness (QED) is 0.291. The maximum atomic E-state index is 14.0. The molecule has 41 heavy (non-hydrogen) atoms. The first kappa shape index (κ1) is 31.1. The Kier molecular flexibility index (Phi) is 10.8. The Morgan fingerprint density at radius 1 is 0.878 bits per heavy atom. The lowest BCUT2D eigenvalue weighted by atomic mass is 9.94. The smallest absolute Gasteiger partial charge is 0.328 e. The number of hydrogen-bond donors (Lipinski definition) is 3. The lowest BCUT2D eigenvalue weighted by Gasteiger charge is -2.33. The van der Waals surface area contributed by atoms with Crippen LogP contribution in [0, 0.1) is 5.41 Å². The third-order valence-corrected chi connectivity index (χ3v) is 6.74. The van der Waals surface area contributed by atoms with Gasteiger partial charge in [0.25, 0.3) is 0 Å². The number of benzene rings is 2. The van der Waals surface area contributed by atoms with Crippen LogP contribution in [0.3, 0.4) is 0 Å². The number of methoxy groups -OCH3 is 1. The zero-order valence-electron chi connectivity index (χ0n) is 24.2. The first-order valence-corrected chi connectivity index (χ1v) is 13.5. The molecule has 3 atom stereocenters. The van der Waals surface area contributed by atoms with Gasteiger partial charge in [-0.15, -0.1) is 0 Å². The van der Waals surface area contributed by atoms with Crippen LogP contribution < -0.4 is 10.6 Å². The molecule has 3 aromatic rings. The molecule has 0 spiro atoms. The molecule has 10 nitrogen and oxygen atoms in total. The van der Waals surface area contributed by atoms with Crippen molar-refractivity contribution in [2.24, 2.45) is 5.41 Å². The standard InChI is InChI=1S/C31H39N5O5/c1-31(2,3)30(40)35-24(16-21-12-8-6-9-13-21)28(38)36(4)26(17-22-14-10-7-11-15-22)27(37)34-25(29(39)41-5)18-23-19-32-20-33-23/h6-15,19-20,24-26H,16-18H2,1-5H3,(H,32,33)(H,34,37)(H,35,40)/t24-,25-,26-/m0/s1. The van der Waals surface area contributed by atoms with Crippen molar-refractivity contribution in [1.82, 2.24) is 25.5 Å². The molecule has 0 bridgehead atoms. The monoisotopic (exact) mass is 561 g/mol. The van der Waals surface area contributed by atoms with Gasteiger partial charge in [0.1, 0.15) is 18.1 Å². The SMILES string of the molecule is COC(=O)[C@H](Cc1cnc[nH]1)NC(=O)[C@H](Cc1ccccc1)N(C)C(=O)[C@H](Cc1ccccc1)NC(=O)C(C)(C)C. The molecule has 0 aliphatic carbocycles. The second-order valence-corrected chi connectivity index (χ2v) is 11.0. The number of nitrogens with zero attached hydrogens (tertiary/aromatic N) is 2. The molecule has 0 unspecified atom stereocenters. The summed E-state index contributed by atoms with van der Waals surface area (Å²) in [5.41, 5.74) is 1.60. The van der Waals surface area contributed by atoms with E-state index in [4.69, 9.17) is 4.74 Å². The summed E-state index contributed by atoms with van der Waals surface area (Å²) < 4.78 is 4.93. The van der Waals surface area contributed by atoms with Gasteiger partial charge in [0.2, 0.25) is 17.7 Å². The van der Waals surface area contributed by atoms with Gasteiger partial charge in [-0.1, -0.05) is 81.4 Å². The molecule has 3 rings (SSSR count). The summed E-state index contributed by atoms with van der Waals surface area (Å²) in [6, 6.07) is 15.8. The number of hydrogen-bond acceptors (Lipinski definition) is 6. The number of carbonyl (C=O) groups is 4. The largest absolute Gasteiger partial charge is 0.467 e. The minimum Gasteiger partial charge on any atom is -0.467 e. The third-order valence-electron chi connectivity index (χ3n) is 6.74. The van der Waals surface area contributed by atoms with Crippen LogP contribution in [0.15, 0.2) is 73.2 Å². The van der Waals surface area contributed by atoms with E-state index in [1.165, 1.54) is 18.3 Å². The fraction of sp³-hybridized carbons (Fsp3) is 0.387. The van der Waals surface area contributed by atoms with Gasteiger partial charge in [0, 0.05) is 43.6 Å². The number of aromatic amines is 1. The van der Waals surface area contributed by atoms with Crippen LogP contribution in [0.2, 0.25) is 0 Å². The van der Waals surface area contributed by atoms with E-state index in [1.807, 2.05) is 60.7 Å².